The highest BCUT2D eigenvalue weighted by Crippen LogP contribution is 2.19. The quantitative estimate of drug-likeness (QED) is 0.667. The molecule has 1 aliphatic heterocycles. The first kappa shape index (κ1) is 10.6. The number of benzene rings is 1. The molecule has 5 nitrogen and oxygen atoms in total. The van der Waals surface area contributed by atoms with Crippen molar-refractivity contribution in [1.82, 2.24) is 5.43 Å². The zero-order valence-electron chi connectivity index (χ0n) is 8.55. The molecule has 1 unspecified atom stereocenters. The molecule has 84 valence electrons. The lowest BCUT2D eigenvalue weighted by Crippen LogP contribution is -2.35. The predicted molar refractivity (Wildman–Crippen MR) is 58.0 cm³/mol. The number of hydrogen-bond donors (Lipinski definition) is 3. The van der Waals surface area contributed by atoms with Gasteiger partial charge in [-0.25, -0.2) is 5.43 Å². The summed E-state index contributed by atoms with van der Waals surface area (Å²) in [5.74, 6) is -0.382. The molecule has 2 rings (SSSR count). The van der Waals surface area contributed by atoms with Crippen LogP contribution in [-0.4, -0.2) is 28.4 Å². The Kier molecular flexibility index (Phi) is 2.87. The van der Waals surface area contributed by atoms with E-state index in [0.29, 0.717) is 11.3 Å². The average Bonchev–Trinajstić information content (AvgIpc) is 2.28. The van der Waals surface area contributed by atoms with Gasteiger partial charge >= 0.3 is 0 Å². The highest BCUT2D eigenvalue weighted by molar-refractivity contribution is 6.06. The fraction of sp³-hybridized carbons (Fsp3) is 0.273. The van der Waals surface area contributed by atoms with Gasteiger partial charge in [-0.2, -0.15) is 5.10 Å². The number of carbonyl (C=O) groups excluding carboxylic acids is 1. The van der Waals surface area contributed by atoms with Crippen molar-refractivity contribution in [2.75, 3.05) is 6.61 Å². The number of hydrazone groups is 1. The van der Waals surface area contributed by atoms with E-state index >= 15 is 0 Å². The van der Waals surface area contributed by atoms with Gasteiger partial charge < -0.3 is 10.2 Å². The van der Waals surface area contributed by atoms with Crippen LogP contribution in [0.15, 0.2) is 29.4 Å². The van der Waals surface area contributed by atoms with Gasteiger partial charge in [-0.05, 0) is 12.1 Å². The fourth-order valence-electron chi connectivity index (χ4n) is 1.70. The number of nitrogens with zero attached hydrogens (tertiary/aromatic N) is 1. The number of aliphatic hydroxyl groups is 1. The van der Waals surface area contributed by atoms with E-state index in [1.54, 1.807) is 24.3 Å². The smallest absolute Gasteiger partial charge is 0.240 e. The molecule has 0 saturated heterocycles. The van der Waals surface area contributed by atoms with Crippen LogP contribution in [0.5, 0.6) is 5.75 Å². The van der Waals surface area contributed by atoms with Crippen LogP contribution in [0.3, 0.4) is 0 Å². The Morgan fingerprint density at radius 3 is 3.00 bits per heavy atom. The van der Waals surface area contributed by atoms with Crippen LogP contribution in [0.2, 0.25) is 0 Å². The van der Waals surface area contributed by atoms with Crippen LogP contribution >= 0.6 is 0 Å². The first-order chi connectivity index (χ1) is 7.70. The first-order valence-corrected chi connectivity index (χ1v) is 4.97. The number of rotatable bonds is 2. The molecule has 1 aromatic carbocycles. The van der Waals surface area contributed by atoms with Gasteiger partial charge in [0.1, 0.15) is 5.75 Å². The first-order valence-electron chi connectivity index (χ1n) is 4.97. The molecule has 1 amide bonds. The topological polar surface area (TPSA) is 81.9 Å². The zero-order chi connectivity index (χ0) is 11.5. The van der Waals surface area contributed by atoms with Crippen molar-refractivity contribution in [3.05, 3.63) is 29.8 Å². The SMILES string of the molecule is O=C1CC(CO)C(c2cccc(O)c2)=NN1. The van der Waals surface area contributed by atoms with Crippen LogP contribution in [0.1, 0.15) is 12.0 Å². The van der Waals surface area contributed by atoms with Crippen molar-refractivity contribution in [1.29, 1.82) is 0 Å². The molecule has 16 heavy (non-hydrogen) atoms. The van der Waals surface area contributed by atoms with Gasteiger partial charge in [-0.15, -0.1) is 0 Å². The Labute approximate surface area is 92.4 Å². The second-order valence-corrected chi connectivity index (χ2v) is 3.67. The number of aromatic hydroxyl groups is 1. The standard InChI is InChI=1S/C11H12N2O3/c14-6-8-5-10(16)12-13-11(8)7-2-1-3-9(15)4-7/h1-4,8,14-15H,5-6H2,(H,12,16). The Bertz CT molecular complexity index is 443. The third kappa shape index (κ3) is 2.04. The van der Waals surface area contributed by atoms with Gasteiger partial charge in [0.05, 0.1) is 12.3 Å². The second kappa shape index (κ2) is 4.32. The average molecular weight is 220 g/mol. The normalized spacial score (nSPS) is 20.2. The molecule has 0 radical (unpaired) electrons. The minimum Gasteiger partial charge on any atom is -0.508 e. The molecular formula is C11H12N2O3. The molecule has 0 bridgehead atoms. The minimum absolute atomic E-state index is 0.133. The maximum atomic E-state index is 11.1. The molecule has 0 spiro atoms. The van der Waals surface area contributed by atoms with Crippen LogP contribution in [0.25, 0.3) is 0 Å². The molecule has 1 aromatic rings. The van der Waals surface area contributed by atoms with Crippen molar-refractivity contribution in [2.45, 2.75) is 6.42 Å². The summed E-state index contributed by atoms with van der Waals surface area (Å²) in [7, 11) is 0. The molecular weight excluding hydrogens is 208 g/mol. The Balaban J connectivity index is 2.35. The molecule has 0 saturated carbocycles. The summed E-state index contributed by atoms with van der Waals surface area (Å²) in [4.78, 5) is 11.1. The Hall–Kier alpha value is -1.88. The van der Waals surface area contributed by atoms with Crippen LogP contribution < -0.4 is 5.43 Å². The van der Waals surface area contributed by atoms with E-state index in [4.69, 9.17) is 0 Å². The summed E-state index contributed by atoms with van der Waals surface area (Å²) in [6, 6.07) is 6.58. The van der Waals surface area contributed by atoms with E-state index < -0.39 is 0 Å². The molecule has 3 N–H and O–H groups in total. The largest absolute Gasteiger partial charge is 0.508 e. The predicted octanol–water partition coefficient (Wildman–Crippen LogP) is 0.225. The van der Waals surface area contributed by atoms with Gasteiger partial charge in [0, 0.05) is 17.9 Å². The van der Waals surface area contributed by atoms with E-state index in [0.717, 1.165) is 0 Å². The number of nitrogens with one attached hydrogen (secondary N) is 1. The number of phenolic OH excluding ortho intramolecular Hbond substituents is 1. The third-order valence-electron chi connectivity index (χ3n) is 2.48. The lowest BCUT2D eigenvalue weighted by Gasteiger charge is -2.20. The van der Waals surface area contributed by atoms with E-state index in [-0.39, 0.29) is 30.6 Å². The maximum absolute atomic E-state index is 11.1. The number of amides is 1. The zero-order valence-corrected chi connectivity index (χ0v) is 8.55. The number of carbonyl (C=O) groups is 1. The molecule has 0 aromatic heterocycles. The van der Waals surface area contributed by atoms with Crippen molar-refractivity contribution >= 4 is 11.6 Å². The Morgan fingerprint density at radius 2 is 2.31 bits per heavy atom. The number of phenols is 1. The molecule has 5 heteroatoms. The fourth-order valence-corrected chi connectivity index (χ4v) is 1.70. The summed E-state index contributed by atoms with van der Waals surface area (Å²) >= 11 is 0. The summed E-state index contributed by atoms with van der Waals surface area (Å²) in [6.45, 7) is -0.137. The maximum Gasteiger partial charge on any atom is 0.240 e. The van der Waals surface area contributed by atoms with E-state index in [1.165, 1.54) is 0 Å². The lowest BCUT2D eigenvalue weighted by atomic mass is 9.93. The second-order valence-electron chi connectivity index (χ2n) is 3.67. The highest BCUT2D eigenvalue weighted by atomic mass is 16.3. The van der Waals surface area contributed by atoms with Crippen molar-refractivity contribution < 1.29 is 15.0 Å². The van der Waals surface area contributed by atoms with Crippen molar-refractivity contribution in [3.63, 3.8) is 0 Å². The van der Waals surface area contributed by atoms with Crippen molar-refractivity contribution in [3.8, 4) is 5.75 Å². The molecule has 1 aliphatic rings. The summed E-state index contributed by atoms with van der Waals surface area (Å²) < 4.78 is 0. The molecule has 0 fully saturated rings. The van der Waals surface area contributed by atoms with E-state index in [2.05, 4.69) is 10.5 Å². The lowest BCUT2D eigenvalue weighted by molar-refractivity contribution is -0.122. The van der Waals surface area contributed by atoms with Gasteiger partial charge in [0.25, 0.3) is 0 Å². The molecule has 1 heterocycles. The van der Waals surface area contributed by atoms with Crippen LogP contribution in [0.4, 0.5) is 0 Å². The minimum atomic E-state index is -0.310. The molecule has 0 aliphatic carbocycles. The van der Waals surface area contributed by atoms with Crippen molar-refractivity contribution in [2.24, 2.45) is 11.0 Å². The summed E-state index contributed by atoms with van der Waals surface area (Å²) in [5.41, 5.74) is 3.67. The van der Waals surface area contributed by atoms with Crippen LogP contribution in [-0.2, 0) is 4.79 Å². The van der Waals surface area contributed by atoms with E-state index in [1.807, 2.05) is 0 Å². The summed E-state index contributed by atoms with van der Waals surface area (Å²) in [5, 5.41) is 22.5. The van der Waals surface area contributed by atoms with Gasteiger partial charge in [-0.3, -0.25) is 4.79 Å². The van der Waals surface area contributed by atoms with Crippen LogP contribution in [0, 0.1) is 5.92 Å². The van der Waals surface area contributed by atoms with Gasteiger partial charge in [0.2, 0.25) is 5.91 Å². The summed E-state index contributed by atoms with van der Waals surface area (Å²) in [6.07, 6.45) is 0.213. The third-order valence-corrected chi connectivity index (χ3v) is 2.48. The number of aliphatic hydroxyl groups excluding tert-OH is 1. The highest BCUT2D eigenvalue weighted by Gasteiger charge is 2.24. The molecule has 1 atom stereocenters. The van der Waals surface area contributed by atoms with Gasteiger partial charge in [0.15, 0.2) is 0 Å². The number of hydrogen-bond acceptors (Lipinski definition) is 4. The monoisotopic (exact) mass is 220 g/mol. The Morgan fingerprint density at radius 1 is 1.50 bits per heavy atom. The van der Waals surface area contributed by atoms with E-state index in [9.17, 15) is 15.0 Å². The van der Waals surface area contributed by atoms with Gasteiger partial charge in [-0.1, -0.05) is 12.1 Å².